The molecule has 7 rings (SSSR count). The molecule has 1 spiro atoms. The molecule has 1 aromatic carbocycles. The van der Waals surface area contributed by atoms with Crippen LogP contribution in [0.4, 0.5) is 8.78 Å². The Labute approximate surface area is 228 Å². The van der Waals surface area contributed by atoms with Crippen molar-refractivity contribution in [2.45, 2.75) is 31.3 Å². The van der Waals surface area contributed by atoms with Crippen LogP contribution in [0.5, 0.6) is 5.75 Å². The van der Waals surface area contributed by atoms with Crippen LogP contribution in [0, 0.1) is 0 Å². The maximum Gasteiger partial charge on any atom is 0.282 e. The van der Waals surface area contributed by atoms with Gasteiger partial charge in [0, 0.05) is 43.1 Å². The van der Waals surface area contributed by atoms with Gasteiger partial charge in [-0.1, -0.05) is 6.07 Å². The van der Waals surface area contributed by atoms with Crippen LogP contribution in [-0.4, -0.2) is 70.7 Å². The number of alkyl halides is 2. The molecule has 5 aromatic rings. The molecule has 0 aliphatic carbocycles. The van der Waals surface area contributed by atoms with Crippen LogP contribution in [0.1, 0.15) is 51.4 Å². The van der Waals surface area contributed by atoms with E-state index in [0.29, 0.717) is 64.2 Å². The zero-order valence-electron chi connectivity index (χ0n) is 20.8. The molecule has 1 amide bonds. The zero-order chi connectivity index (χ0) is 27.4. The molecular formula is C26H20F2N8O3S. The predicted molar refractivity (Wildman–Crippen MR) is 139 cm³/mol. The van der Waals surface area contributed by atoms with Crippen LogP contribution >= 0.6 is 11.3 Å². The monoisotopic (exact) mass is 562 g/mol. The van der Waals surface area contributed by atoms with E-state index in [0.717, 1.165) is 11.3 Å². The molecule has 4 aromatic heterocycles. The number of nitrogens with zero attached hydrogens (tertiary/aromatic N) is 7. The van der Waals surface area contributed by atoms with Gasteiger partial charge in [0.05, 0.1) is 16.9 Å². The van der Waals surface area contributed by atoms with E-state index in [2.05, 4.69) is 30.7 Å². The topological polar surface area (TPSA) is 132 Å². The summed E-state index contributed by atoms with van der Waals surface area (Å²) in [4.78, 5) is 33.3. The van der Waals surface area contributed by atoms with Crippen LogP contribution in [0.15, 0.2) is 48.7 Å². The number of thiophene rings is 1. The highest BCUT2D eigenvalue weighted by Crippen LogP contribution is 2.41. The van der Waals surface area contributed by atoms with E-state index in [1.165, 1.54) is 10.7 Å². The smallest absolute Gasteiger partial charge is 0.282 e. The third kappa shape index (κ3) is 4.02. The van der Waals surface area contributed by atoms with E-state index in [4.69, 9.17) is 4.74 Å². The van der Waals surface area contributed by atoms with Crippen molar-refractivity contribution in [1.82, 2.24) is 40.3 Å². The number of hydrogen-bond donors (Lipinski definition) is 1. The summed E-state index contributed by atoms with van der Waals surface area (Å²) in [6, 6.07) is 11.8. The molecule has 1 saturated heterocycles. The number of likely N-dealkylation sites (tertiary alicyclic amines) is 1. The number of rotatable bonds is 4. The number of piperidine rings is 1. The fourth-order valence-corrected chi connectivity index (χ4v) is 6.40. The van der Waals surface area contributed by atoms with E-state index in [-0.39, 0.29) is 29.2 Å². The van der Waals surface area contributed by atoms with Crippen LogP contribution in [0.3, 0.4) is 0 Å². The number of tetrazole rings is 1. The molecule has 0 radical (unpaired) electrons. The number of benzene rings is 1. The van der Waals surface area contributed by atoms with E-state index in [9.17, 15) is 18.4 Å². The summed E-state index contributed by atoms with van der Waals surface area (Å²) in [5.41, 5.74) is 0.0272. The fraction of sp³-hybridized carbons (Fsp3) is 0.269. The van der Waals surface area contributed by atoms with E-state index in [1.54, 1.807) is 47.5 Å². The number of halogens is 2. The maximum absolute atomic E-state index is 13.8. The van der Waals surface area contributed by atoms with E-state index >= 15 is 0 Å². The highest BCUT2D eigenvalue weighted by atomic mass is 32.1. The Balaban J connectivity index is 1.11. The van der Waals surface area contributed by atoms with Gasteiger partial charge in [0.25, 0.3) is 12.3 Å². The summed E-state index contributed by atoms with van der Waals surface area (Å²) in [5, 5.41) is 18.2. The standard InChI is InChI=1S/C26H20F2N8O3S/c27-22(28)21-16-12-19(40-25(16)36(32-21)20-3-1-2-8-29-20)24(38)35-9-6-26(7-10-35)13-17(37)15-11-14(4-5-18(15)39-26)23-30-33-34-31-23/h1-5,8,11-12,22H,6-7,9-10,13H2,(H,30,31,33,34). The number of nitrogens with one attached hydrogen (secondary N) is 1. The number of fused-ring (bicyclic) bond motifs is 2. The number of ether oxygens (including phenoxy) is 1. The van der Waals surface area contributed by atoms with Gasteiger partial charge in [0.1, 0.15) is 21.9 Å². The van der Waals surface area contributed by atoms with Crippen LogP contribution in [0.2, 0.25) is 0 Å². The molecule has 202 valence electrons. The lowest BCUT2D eigenvalue weighted by Crippen LogP contribution is -2.52. The molecule has 1 fully saturated rings. The molecule has 40 heavy (non-hydrogen) atoms. The summed E-state index contributed by atoms with van der Waals surface area (Å²) < 4.78 is 35.3. The first-order valence-electron chi connectivity index (χ1n) is 12.5. The Morgan fingerprint density at radius 3 is 2.73 bits per heavy atom. The Kier molecular flexibility index (Phi) is 5.66. The first-order chi connectivity index (χ1) is 19.4. The number of carbonyl (C=O) groups excluding carboxylic acids is 2. The van der Waals surface area contributed by atoms with Crippen molar-refractivity contribution >= 4 is 33.2 Å². The molecule has 2 aliphatic heterocycles. The van der Waals surface area contributed by atoms with Crippen molar-refractivity contribution in [1.29, 1.82) is 0 Å². The van der Waals surface area contributed by atoms with Gasteiger partial charge in [0.15, 0.2) is 11.6 Å². The SMILES string of the molecule is O=C1CC2(CCN(C(=O)c3cc4c(C(F)F)nn(-c5ccccn5)c4s3)CC2)Oc2ccc(-c3nn[nH]n3)cc21. The van der Waals surface area contributed by atoms with Crippen molar-refractivity contribution < 1.29 is 23.1 Å². The highest BCUT2D eigenvalue weighted by molar-refractivity contribution is 7.20. The minimum Gasteiger partial charge on any atom is -0.486 e. The van der Waals surface area contributed by atoms with Crippen LogP contribution in [-0.2, 0) is 0 Å². The van der Waals surface area contributed by atoms with Gasteiger partial charge in [-0.15, -0.1) is 21.5 Å². The summed E-state index contributed by atoms with van der Waals surface area (Å²) in [7, 11) is 0. The molecule has 0 bridgehead atoms. The molecular weight excluding hydrogens is 542 g/mol. The molecule has 11 nitrogen and oxygen atoms in total. The summed E-state index contributed by atoms with van der Waals surface area (Å²) in [6.07, 6.45) is -0.126. The summed E-state index contributed by atoms with van der Waals surface area (Å²) in [5.74, 6) is 0.971. The summed E-state index contributed by atoms with van der Waals surface area (Å²) in [6.45, 7) is 0.732. The van der Waals surface area contributed by atoms with Crippen LogP contribution < -0.4 is 4.74 Å². The number of ketones is 1. The van der Waals surface area contributed by atoms with E-state index in [1.807, 2.05) is 0 Å². The fourth-order valence-electron chi connectivity index (χ4n) is 5.30. The zero-order valence-corrected chi connectivity index (χ0v) is 21.6. The highest BCUT2D eigenvalue weighted by Gasteiger charge is 2.44. The average Bonchev–Trinajstić information content (AvgIpc) is 3.71. The number of aromatic nitrogens is 7. The lowest BCUT2D eigenvalue weighted by atomic mass is 9.82. The normalized spacial score (nSPS) is 16.5. The second-order valence-corrected chi connectivity index (χ2v) is 10.8. The number of hydrogen-bond acceptors (Lipinski definition) is 9. The van der Waals surface area contributed by atoms with Crippen molar-refractivity contribution in [3.8, 4) is 23.0 Å². The van der Waals surface area contributed by atoms with Crippen molar-refractivity contribution in [3.05, 3.63) is 64.8 Å². The number of carbonyl (C=O) groups is 2. The number of pyridine rings is 1. The van der Waals surface area contributed by atoms with Gasteiger partial charge in [0.2, 0.25) is 5.82 Å². The van der Waals surface area contributed by atoms with Crippen molar-refractivity contribution in [2.24, 2.45) is 0 Å². The molecule has 0 atom stereocenters. The molecule has 0 saturated carbocycles. The molecule has 14 heteroatoms. The van der Waals surface area contributed by atoms with Crippen molar-refractivity contribution in [2.75, 3.05) is 13.1 Å². The quantitative estimate of drug-likeness (QED) is 0.344. The minimum atomic E-state index is -2.80. The molecule has 1 N–H and O–H groups in total. The van der Waals surface area contributed by atoms with Crippen molar-refractivity contribution in [3.63, 3.8) is 0 Å². The minimum absolute atomic E-state index is 0.0468. The molecule has 0 unspecified atom stereocenters. The Morgan fingerprint density at radius 1 is 1.15 bits per heavy atom. The Hall–Kier alpha value is -4.59. The number of H-pyrrole nitrogens is 1. The van der Waals surface area contributed by atoms with Gasteiger partial charge in [-0.25, -0.2) is 18.4 Å². The number of amides is 1. The van der Waals surface area contributed by atoms with Gasteiger partial charge in [-0.3, -0.25) is 9.59 Å². The lowest BCUT2D eigenvalue weighted by Gasteiger charge is -2.43. The van der Waals surface area contributed by atoms with Crippen LogP contribution in [0.25, 0.3) is 27.4 Å². The Morgan fingerprint density at radius 2 is 2.00 bits per heavy atom. The largest absolute Gasteiger partial charge is 0.486 e. The number of aromatic amines is 1. The first kappa shape index (κ1) is 24.5. The lowest BCUT2D eigenvalue weighted by molar-refractivity contribution is -0.00558. The maximum atomic E-state index is 13.8. The summed E-state index contributed by atoms with van der Waals surface area (Å²) >= 11 is 1.11. The third-order valence-electron chi connectivity index (χ3n) is 7.33. The second-order valence-electron chi connectivity index (χ2n) is 9.74. The molecule has 2 aliphatic rings. The van der Waals surface area contributed by atoms with Gasteiger partial charge in [-0.05, 0) is 41.6 Å². The Bertz CT molecular complexity index is 1740. The number of Topliss-reactive ketones (excluding diaryl/α,β-unsaturated/α-hetero) is 1. The van der Waals surface area contributed by atoms with E-state index < -0.39 is 12.0 Å². The van der Waals surface area contributed by atoms with Gasteiger partial charge >= 0.3 is 0 Å². The average molecular weight is 563 g/mol. The third-order valence-corrected chi connectivity index (χ3v) is 8.43. The second kappa shape index (κ2) is 9.26. The van der Waals surface area contributed by atoms with Gasteiger partial charge < -0.3 is 9.64 Å². The molecule has 6 heterocycles. The first-order valence-corrected chi connectivity index (χ1v) is 13.3. The predicted octanol–water partition coefficient (Wildman–Crippen LogP) is 4.24. The van der Waals surface area contributed by atoms with Gasteiger partial charge in [-0.2, -0.15) is 10.3 Å².